The summed E-state index contributed by atoms with van der Waals surface area (Å²) < 4.78 is 0. The van der Waals surface area contributed by atoms with E-state index in [1.54, 1.807) is 12.4 Å². The summed E-state index contributed by atoms with van der Waals surface area (Å²) in [6.45, 7) is 2.77. The van der Waals surface area contributed by atoms with E-state index in [0.717, 1.165) is 25.1 Å². The minimum atomic E-state index is 0.147. The average Bonchev–Trinajstić information content (AvgIpc) is 2.88. The maximum atomic E-state index is 11.6. The minimum absolute atomic E-state index is 0.147. The first-order valence-electron chi connectivity index (χ1n) is 6.21. The van der Waals surface area contributed by atoms with Gasteiger partial charge in [0.05, 0.1) is 0 Å². The van der Waals surface area contributed by atoms with Gasteiger partial charge >= 0.3 is 0 Å². The fraction of sp³-hybridized carbons (Fsp3) is 0.538. The van der Waals surface area contributed by atoms with Gasteiger partial charge in [-0.15, -0.1) is 0 Å². The Hall–Kier alpha value is -1.42. The Labute approximate surface area is 102 Å². The van der Waals surface area contributed by atoms with E-state index in [-0.39, 0.29) is 5.91 Å². The van der Waals surface area contributed by atoms with Crippen LogP contribution in [0.3, 0.4) is 0 Å². The molecule has 1 atom stereocenters. The molecule has 4 heteroatoms. The zero-order valence-electron chi connectivity index (χ0n) is 9.98. The summed E-state index contributed by atoms with van der Waals surface area (Å²) in [7, 11) is 0. The zero-order chi connectivity index (χ0) is 11.9. The predicted octanol–water partition coefficient (Wildman–Crippen LogP) is 1.09. The number of hydrogen-bond acceptors (Lipinski definition) is 3. The van der Waals surface area contributed by atoms with E-state index in [1.165, 1.54) is 6.42 Å². The van der Waals surface area contributed by atoms with E-state index in [1.807, 2.05) is 12.1 Å². The summed E-state index contributed by atoms with van der Waals surface area (Å²) in [5.74, 6) is 0.829. The van der Waals surface area contributed by atoms with E-state index < -0.39 is 0 Å². The summed E-state index contributed by atoms with van der Waals surface area (Å²) in [6, 6.07) is 3.84. The number of nitrogens with zero attached hydrogens (tertiary/aromatic N) is 1. The van der Waals surface area contributed by atoms with Crippen LogP contribution >= 0.6 is 0 Å². The van der Waals surface area contributed by atoms with Crippen molar-refractivity contribution in [3.8, 4) is 0 Å². The van der Waals surface area contributed by atoms with Crippen LogP contribution < -0.4 is 10.6 Å². The predicted molar refractivity (Wildman–Crippen MR) is 66.3 cm³/mol. The Bertz CT molecular complexity index is 347. The molecular weight excluding hydrogens is 214 g/mol. The molecular formula is C13H19N3O. The summed E-state index contributed by atoms with van der Waals surface area (Å²) in [6.07, 6.45) is 6.32. The lowest BCUT2D eigenvalue weighted by Crippen LogP contribution is -2.23. The smallest absolute Gasteiger partial charge is 0.220 e. The third kappa shape index (κ3) is 4.15. The van der Waals surface area contributed by atoms with Crippen LogP contribution in [0.15, 0.2) is 24.5 Å². The van der Waals surface area contributed by atoms with Crippen LogP contribution in [0.4, 0.5) is 0 Å². The van der Waals surface area contributed by atoms with Gasteiger partial charge in [-0.05, 0) is 49.5 Å². The van der Waals surface area contributed by atoms with E-state index >= 15 is 0 Å². The molecule has 4 nitrogen and oxygen atoms in total. The summed E-state index contributed by atoms with van der Waals surface area (Å²) in [4.78, 5) is 15.6. The second-order valence-electron chi connectivity index (χ2n) is 4.53. The Morgan fingerprint density at radius 1 is 1.47 bits per heavy atom. The molecule has 0 radical (unpaired) electrons. The van der Waals surface area contributed by atoms with Crippen molar-refractivity contribution in [1.82, 2.24) is 15.6 Å². The van der Waals surface area contributed by atoms with Gasteiger partial charge in [-0.25, -0.2) is 0 Å². The SMILES string of the molecule is O=C(CCC1CCNC1)NCc1ccncc1. The number of nitrogens with one attached hydrogen (secondary N) is 2. The van der Waals surface area contributed by atoms with Crippen LogP contribution in [0.2, 0.25) is 0 Å². The van der Waals surface area contributed by atoms with Crippen molar-refractivity contribution in [3.05, 3.63) is 30.1 Å². The Morgan fingerprint density at radius 3 is 3.00 bits per heavy atom. The Balaban J connectivity index is 1.64. The van der Waals surface area contributed by atoms with Gasteiger partial charge in [0.2, 0.25) is 5.91 Å². The molecule has 1 aliphatic heterocycles. The van der Waals surface area contributed by atoms with Gasteiger partial charge in [-0.2, -0.15) is 0 Å². The number of carbonyl (C=O) groups is 1. The van der Waals surface area contributed by atoms with Crippen LogP contribution in [0.25, 0.3) is 0 Å². The van der Waals surface area contributed by atoms with Gasteiger partial charge in [0.15, 0.2) is 0 Å². The van der Waals surface area contributed by atoms with E-state index in [2.05, 4.69) is 15.6 Å². The zero-order valence-corrected chi connectivity index (χ0v) is 9.98. The largest absolute Gasteiger partial charge is 0.352 e. The molecule has 2 rings (SSSR count). The number of pyridine rings is 1. The van der Waals surface area contributed by atoms with Crippen molar-refractivity contribution in [2.24, 2.45) is 5.92 Å². The number of aromatic nitrogens is 1. The monoisotopic (exact) mass is 233 g/mol. The maximum Gasteiger partial charge on any atom is 0.220 e. The molecule has 0 spiro atoms. The maximum absolute atomic E-state index is 11.6. The van der Waals surface area contributed by atoms with Crippen molar-refractivity contribution < 1.29 is 4.79 Å². The van der Waals surface area contributed by atoms with Crippen LogP contribution in [0.1, 0.15) is 24.8 Å². The lowest BCUT2D eigenvalue weighted by atomic mass is 10.0. The van der Waals surface area contributed by atoms with E-state index in [4.69, 9.17) is 0 Å². The van der Waals surface area contributed by atoms with Gasteiger partial charge in [0.25, 0.3) is 0 Å². The molecule has 17 heavy (non-hydrogen) atoms. The topological polar surface area (TPSA) is 54.0 Å². The van der Waals surface area contributed by atoms with Gasteiger partial charge in [0.1, 0.15) is 0 Å². The molecule has 1 unspecified atom stereocenters. The Morgan fingerprint density at radius 2 is 2.29 bits per heavy atom. The van der Waals surface area contributed by atoms with Gasteiger partial charge < -0.3 is 10.6 Å². The molecule has 1 aromatic rings. The van der Waals surface area contributed by atoms with Gasteiger partial charge in [0, 0.05) is 25.4 Å². The second-order valence-corrected chi connectivity index (χ2v) is 4.53. The van der Waals surface area contributed by atoms with Crippen LogP contribution in [-0.4, -0.2) is 24.0 Å². The second kappa shape index (κ2) is 6.35. The van der Waals surface area contributed by atoms with Crippen molar-refractivity contribution in [1.29, 1.82) is 0 Å². The molecule has 2 N–H and O–H groups in total. The summed E-state index contributed by atoms with van der Waals surface area (Å²) in [5, 5.41) is 6.25. The first-order chi connectivity index (χ1) is 8.34. The lowest BCUT2D eigenvalue weighted by Gasteiger charge is -2.08. The highest BCUT2D eigenvalue weighted by molar-refractivity contribution is 5.75. The van der Waals surface area contributed by atoms with Crippen molar-refractivity contribution >= 4 is 5.91 Å². The molecule has 1 aromatic heterocycles. The standard InChI is InChI=1S/C13H19N3O/c17-13(2-1-11-5-8-15-9-11)16-10-12-3-6-14-7-4-12/h3-4,6-7,11,15H,1-2,5,8-10H2,(H,16,17). The molecule has 0 aromatic carbocycles. The minimum Gasteiger partial charge on any atom is -0.352 e. The molecule has 0 saturated carbocycles. The third-order valence-electron chi connectivity index (χ3n) is 3.18. The van der Waals surface area contributed by atoms with Crippen molar-refractivity contribution in [2.45, 2.75) is 25.8 Å². The molecule has 2 heterocycles. The number of rotatable bonds is 5. The highest BCUT2D eigenvalue weighted by atomic mass is 16.1. The highest BCUT2D eigenvalue weighted by Gasteiger charge is 2.15. The molecule has 1 amide bonds. The molecule has 0 aliphatic carbocycles. The van der Waals surface area contributed by atoms with Crippen LogP contribution in [0.5, 0.6) is 0 Å². The summed E-state index contributed by atoms with van der Waals surface area (Å²) >= 11 is 0. The van der Waals surface area contributed by atoms with E-state index in [0.29, 0.717) is 18.9 Å². The average molecular weight is 233 g/mol. The number of amides is 1. The molecule has 1 saturated heterocycles. The number of carbonyl (C=O) groups excluding carboxylic acids is 1. The van der Waals surface area contributed by atoms with E-state index in [9.17, 15) is 4.79 Å². The fourth-order valence-electron chi connectivity index (χ4n) is 2.09. The molecule has 1 aliphatic rings. The third-order valence-corrected chi connectivity index (χ3v) is 3.18. The van der Waals surface area contributed by atoms with Crippen LogP contribution in [0, 0.1) is 5.92 Å². The highest BCUT2D eigenvalue weighted by Crippen LogP contribution is 2.13. The quantitative estimate of drug-likeness (QED) is 0.800. The lowest BCUT2D eigenvalue weighted by molar-refractivity contribution is -0.121. The normalized spacial score (nSPS) is 19.2. The first-order valence-corrected chi connectivity index (χ1v) is 6.21. The fourth-order valence-corrected chi connectivity index (χ4v) is 2.09. The van der Waals surface area contributed by atoms with Crippen LogP contribution in [-0.2, 0) is 11.3 Å². The number of hydrogen-bond donors (Lipinski definition) is 2. The first kappa shape index (κ1) is 12.0. The van der Waals surface area contributed by atoms with Crippen molar-refractivity contribution in [3.63, 3.8) is 0 Å². The van der Waals surface area contributed by atoms with Gasteiger partial charge in [-0.1, -0.05) is 0 Å². The van der Waals surface area contributed by atoms with Gasteiger partial charge in [-0.3, -0.25) is 9.78 Å². The molecule has 92 valence electrons. The van der Waals surface area contributed by atoms with Crippen molar-refractivity contribution in [2.75, 3.05) is 13.1 Å². The molecule has 0 bridgehead atoms. The molecule has 1 fully saturated rings. The summed E-state index contributed by atoms with van der Waals surface area (Å²) in [5.41, 5.74) is 1.09. The Kier molecular flexibility index (Phi) is 4.50.